The van der Waals surface area contributed by atoms with Gasteiger partial charge in [-0.25, -0.2) is 4.39 Å². The first-order chi connectivity index (χ1) is 8.58. The van der Waals surface area contributed by atoms with Gasteiger partial charge in [0.25, 0.3) is 0 Å². The second kappa shape index (κ2) is 5.67. The first-order valence-corrected chi connectivity index (χ1v) is 6.54. The molecule has 2 N–H and O–H groups in total. The molecular weight excluding hydrogens is 229 g/mol. The van der Waals surface area contributed by atoms with Crippen molar-refractivity contribution in [1.29, 1.82) is 0 Å². The van der Waals surface area contributed by atoms with Crippen LogP contribution in [0.25, 0.3) is 0 Å². The van der Waals surface area contributed by atoms with E-state index in [0.29, 0.717) is 6.42 Å². The molecule has 1 heterocycles. The van der Waals surface area contributed by atoms with Crippen molar-refractivity contribution in [3.63, 3.8) is 0 Å². The van der Waals surface area contributed by atoms with Gasteiger partial charge < -0.3 is 15.5 Å². The third-order valence-corrected chi connectivity index (χ3v) is 3.46. The van der Waals surface area contributed by atoms with Crippen LogP contribution in [0.4, 0.5) is 10.1 Å². The van der Waals surface area contributed by atoms with Crippen molar-refractivity contribution in [2.24, 2.45) is 5.73 Å². The number of benzene rings is 1. The van der Waals surface area contributed by atoms with Crippen LogP contribution in [-0.4, -0.2) is 44.2 Å². The van der Waals surface area contributed by atoms with Crippen LogP contribution in [0.5, 0.6) is 0 Å². The van der Waals surface area contributed by atoms with Gasteiger partial charge in [0.05, 0.1) is 0 Å². The van der Waals surface area contributed by atoms with E-state index in [2.05, 4.69) is 16.8 Å². The Labute approximate surface area is 108 Å². The molecule has 1 saturated heterocycles. The molecule has 0 spiro atoms. The molecule has 1 aromatic carbocycles. The lowest BCUT2D eigenvalue weighted by Gasteiger charge is -2.35. The second-order valence-corrected chi connectivity index (χ2v) is 5.21. The van der Waals surface area contributed by atoms with Gasteiger partial charge in [0, 0.05) is 43.5 Å². The first-order valence-electron chi connectivity index (χ1n) is 6.54. The zero-order valence-electron chi connectivity index (χ0n) is 11.2. The Kier molecular flexibility index (Phi) is 4.19. The maximum absolute atomic E-state index is 13.9. The van der Waals surface area contributed by atoms with Gasteiger partial charge in [-0.15, -0.1) is 0 Å². The summed E-state index contributed by atoms with van der Waals surface area (Å²) in [5.41, 5.74) is 7.60. The third-order valence-electron chi connectivity index (χ3n) is 3.46. The highest BCUT2D eigenvalue weighted by molar-refractivity contribution is 5.55. The van der Waals surface area contributed by atoms with E-state index in [0.717, 1.165) is 37.4 Å². The number of likely N-dealkylation sites (N-methyl/N-ethyl adjacent to an activating group) is 1. The minimum absolute atomic E-state index is 0.0203. The molecule has 18 heavy (non-hydrogen) atoms. The van der Waals surface area contributed by atoms with E-state index in [1.54, 1.807) is 6.07 Å². The number of hydrogen-bond donors (Lipinski definition) is 1. The highest BCUT2D eigenvalue weighted by atomic mass is 19.1. The standard InChI is InChI=1S/C14H22FN3/c1-11(16)10-12-13(15)4-3-5-14(12)18-8-6-17(2)7-9-18/h3-5,11H,6-10,16H2,1-2H3. The van der Waals surface area contributed by atoms with Gasteiger partial charge in [-0.3, -0.25) is 0 Å². The topological polar surface area (TPSA) is 32.5 Å². The Morgan fingerprint density at radius 3 is 2.56 bits per heavy atom. The molecule has 2 rings (SSSR count). The maximum Gasteiger partial charge on any atom is 0.128 e. The van der Waals surface area contributed by atoms with Crippen molar-refractivity contribution in [1.82, 2.24) is 4.90 Å². The molecule has 1 atom stereocenters. The van der Waals surface area contributed by atoms with Crippen LogP contribution in [0, 0.1) is 5.82 Å². The minimum atomic E-state index is -0.135. The average molecular weight is 251 g/mol. The molecule has 1 aliphatic rings. The molecule has 0 radical (unpaired) electrons. The van der Waals surface area contributed by atoms with Crippen LogP contribution < -0.4 is 10.6 Å². The summed E-state index contributed by atoms with van der Waals surface area (Å²) in [5, 5.41) is 0. The zero-order valence-corrected chi connectivity index (χ0v) is 11.2. The quantitative estimate of drug-likeness (QED) is 0.883. The van der Waals surface area contributed by atoms with E-state index < -0.39 is 0 Å². The molecular formula is C14H22FN3. The molecule has 0 saturated carbocycles. The van der Waals surface area contributed by atoms with Gasteiger partial charge in [0.15, 0.2) is 0 Å². The van der Waals surface area contributed by atoms with Crippen molar-refractivity contribution in [3.05, 3.63) is 29.6 Å². The van der Waals surface area contributed by atoms with E-state index in [9.17, 15) is 4.39 Å². The van der Waals surface area contributed by atoms with Crippen molar-refractivity contribution >= 4 is 5.69 Å². The molecule has 0 aliphatic carbocycles. The predicted octanol–water partition coefficient (Wildman–Crippen LogP) is 1.47. The summed E-state index contributed by atoms with van der Waals surface area (Å²) in [6, 6.07) is 5.30. The van der Waals surface area contributed by atoms with Crippen LogP contribution in [0.15, 0.2) is 18.2 Å². The number of anilines is 1. The summed E-state index contributed by atoms with van der Waals surface area (Å²) in [6.45, 7) is 5.86. The lowest BCUT2D eigenvalue weighted by atomic mass is 10.0. The summed E-state index contributed by atoms with van der Waals surface area (Å²) < 4.78 is 13.9. The number of hydrogen-bond acceptors (Lipinski definition) is 3. The van der Waals surface area contributed by atoms with Crippen LogP contribution in [-0.2, 0) is 6.42 Å². The normalized spacial score (nSPS) is 19.0. The monoisotopic (exact) mass is 251 g/mol. The van der Waals surface area contributed by atoms with Gasteiger partial charge >= 0.3 is 0 Å². The van der Waals surface area contributed by atoms with E-state index >= 15 is 0 Å². The van der Waals surface area contributed by atoms with E-state index in [4.69, 9.17) is 5.73 Å². The first kappa shape index (κ1) is 13.3. The van der Waals surface area contributed by atoms with Crippen LogP contribution in [0.3, 0.4) is 0 Å². The predicted molar refractivity (Wildman–Crippen MR) is 73.5 cm³/mol. The van der Waals surface area contributed by atoms with Gasteiger partial charge in [-0.2, -0.15) is 0 Å². The summed E-state index contributed by atoms with van der Waals surface area (Å²) in [4.78, 5) is 4.56. The maximum atomic E-state index is 13.9. The average Bonchev–Trinajstić information content (AvgIpc) is 2.32. The fourth-order valence-electron chi connectivity index (χ4n) is 2.41. The molecule has 0 aromatic heterocycles. The van der Waals surface area contributed by atoms with E-state index in [1.165, 1.54) is 6.07 Å². The van der Waals surface area contributed by atoms with Gasteiger partial charge in [0.2, 0.25) is 0 Å². The summed E-state index contributed by atoms with van der Waals surface area (Å²) in [5.74, 6) is -0.135. The molecule has 0 bridgehead atoms. The van der Waals surface area contributed by atoms with Crippen molar-refractivity contribution in [2.45, 2.75) is 19.4 Å². The SMILES string of the molecule is CC(N)Cc1c(F)cccc1N1CCN(C)CC1. The minimum Gasteiger partial charge on any atom is -0.369 e. The molecule has 1 aromatic rings. The van der Waals surface area contributed by atoms with Crippen LogP contribution >= 0.6 is 0 Å². The molecule has 4 heteroatoms. The molecule has 100 valence electrons. The fraction of sp³-hybridized carbons (Fsp3) is 0.571. The summed E-state index contributed by atoms with van der Waals surface area (Å²) in [7, 11) is 2.12. The van der Waals surface area contributed by atoms with Crippen molar-refractivity contribution in [3.8, 4) is 0 Å². The third kappa shape index (κ3) is 3.00. The number of rotatable bonds is 3. The Morgan fingerprint density at radius 2 is 1.94 bits per heavy atom. The fourth-order valence-corrected chi connectivity index (χ4v) is 2.41. The van der Waals surface area contributed by atoms with Crippen LogP contribution in [0.2, 0.25) is 0 Å². The highest BCUT2D eigenvalue weighted by Crippen LogP contribution is 2.25. The Hall–Kier alpha value is -1.13. The number of nitrogens with two attached hydrogens (primary N) is 1. The number of piperazine rings is 1. The molecule has 0 amide bonds. The van der Waals surface area contributed by atoms with E-state index in [-0.39, 0.29) is 11.9 Å². The Morgan fingerprint density at radius 1 is 1.28 bits per heavy atom. The van der Waals surface area contributed by atoms with Crippen LogP contribution in [0.1, 0.15) is 12.5 Å². The summed E-state index contributed by atoms with van der Waals surface area (Å²) >= 11 is 0. The zero-order chi connectivity index (χ0) is 13.1. The molecule has 1 aliphatic heterocycles. The van der Waals surface area contributed by atoms with Crippen molar-refractivity contribution < 1.29 is 4.39 Å². The van der Waals surface area contributed by atoms with E-state index in [1.807, 2.05) is 13.0 Å². The second-order valence-electron chi connectivity index (χ2n) is 5.21. The largest absolute Gasteiger partial charge is 0.369 e. The Bertz CT molecular complexity index is 398. The lowest BCUT2D eigenvalue weighted by molar-refractivity contribution is 0.312. The highest BCUT2D eigenvalue weighted by Gasteiger charge is 2.19. The Balaban J connectivity index is 2.23. The lowest BCUT2D eigenvalue weighted by Crippen LogP contribution is -2.45. The number of nitrogens with zero attached hydrogens (tertiary/aromatic N) is 2. The van der Waals surface area contributed by atoms with Gasteiger partial charge in [-0.1, -0.05) is 6.07 Å². The molecule has 1 unspecified atom stereocenters. The number of halogens is 1. The van der Waals surface area contributed by atoms with Gasteiger partial charge in [-0.05, 0) is 32.5 Å². The van der Waals surface area contributed by atoms with Crippen molar-refractivity contribution in [2.75, 3.05) is 38.1 Å². The summed E-state index contributed by atoms with van der Waals surface area (Å²) in [6.07, 6.45) is 0.592. The molecule has 3 nitrogen and oxygen atoms in total. The molecule has 1 fully saturated rings. The smallest absolute Gasteiger partial charge is 0.128 e. The van der Waals surface area contributed by atoms with Gasteiger partial charge in [0.1, 0.15) is 5.82 Å².